The Morgan fingerprint density at radius 3 is 2.40 bits per heavy atom. The second-order valence-corrected chi connectivity index (χ2v) is 9.95. The molecule has 0 spiro atoms. The molecular weight excluding hydrogens is 420 g/mol. The highest BCUT2D eigenvalue weighted by molar-refractivity contribution is 8.15. The molecule has 0 saturated heterocycles. The maximum absolute atomic E-state index is 9.70. The number of hydrogen-bond acceptors (Lipinski definition) is 9. The van der Waals surface area contributed by atoms with E-state index in [1.165, 1.54) is 0 Å². The van der Waals surface area contributed by atoms with E-state index in [0.29, 0.717) is 13.2 Å². The van der Waals surface area contributed by atoms with Crippen LogP contribution in [0.25, 0.3) is 10.2 Å². The molecule has 1 aromatic heterocycles. The average Bonchev–Trinajstić information content (AvgIpc) is 3.32. The lowest BCUT2D eigenvalue weighted by Gasteiger charge is -2.23. The van der Waals surface area contributed by atoms with Crippen LogP contribution in [0.4, 0.5) is 0 Å². The van der Waals surface area contributed by atoms with Crippen LogP contribution < -0.4 is 0 Å². The Morgan fingerprint density at radius 2 is 1.77 bits per heavy atom. The summed E-state index contributed by atoms with van der Waals surface area (Å²) in [5.74, 6) is 1.08. The number of aromatic nitrogens is 1. The van der Waals surface area contributed by atoms with Gasteiger partial charge >= 0.3 is 0 Å². The van der Waals surface area contributed by atoms with E-state index in [1.807, 2.05) is 6.07 Å². The fraction of sp³-hybridized carbons (Fsp3) is 0.619. The molecule has 2 aromatic rings. The maximum atomic E-state index is 9.70. The second-order valence-electron chi connectivity index (χ2n) is 7.91. The number of fused-ring (bicyclic) bond motifs is 1. The summed E-state index contributed by atoms with van der Waals surface area (Å²) in [4.78, 5) is 13.9. The van der Waals surface area contributed by atoms with Crippen molar-refractivity contribution < 1.29 is 14.6 Å². The molecule has 1 aliphatic heterocycles. The van der Waals surface area contributed by atoms with Crippen LogP contribution in [0.3, 0.4) is 0 Å². The Hall–Kier alpha value is -1.23. The second kappa shape index (κ2) is 11.4. The van der Waals surface area contributed by atoms with Crippen molar-refractivity contribution in [3.63, 3.8) is 0 Å². The summed E-state index contributed by atoms with van der Waals surface area (Å²) in [6, 6.07) is 5.22. The molecule has 0 bridgehead atoms. The first-order valence-electron chi connectivity index (χ1n) is 10.3. The number of thioether (sulfide) groups is 1. The van der Waals surface area contributed by atoms with Crippen LogP contribution >= 0.6 is 23.1 Å². The highest BCUT2D eigenvalue weighted by Gasteiger charge is 2.30. The van der Waals surface area contributed by atoms with Crippen molar-refractivity contribution in [2.75, 3.05) is 60.2 Å². The van der Waals surface area contributed by atoms with Crippen LogP contribution in [0.1, 0.15) is 17.8 Å². The van der Waals surface area contributed by atoms with Gasteiger partial charge in [0.2, 0.25) is 0 Å². The summed E-state index contributed by atoms with van der Waals surface area (Å²) in [6.45, 7) is 3.28. The van der Waals surface area contributed by atoms with Crippen LogP contribution in [-0.4, -0.2) is 97.5 Å². The van der Waals surface area contributed by atoms with E-state index in [2.05, 4.69) is 43.0 Å². The van der Waals surface area contributed by atoms with Gasteiger partial charge in [-0.15, -0.1) is 23.1 Å². The minimum absolute atomic E-state index is 0.0378. The Labute approximate surface area is 187 Å². The zero-order valence-electron chi connectivity index (χ0n) is 18.2. The standard InChI is InChI=1S/C21H32N4O3S2/c1-24(2)9-5-11-27-21(28-12-6-10-25(3)4)17-14-29-19(23-17)20-22-16-8-7-15(26)13-18(16)30-20/h7-8,13,17,21,26H,5-6,9-12,14H2,1-4H3. The molecule has 30 heavy (non-hydrogen) atoms. The number of ether oxygens (including phenoxy) is 2. The monoisotopic (exact) mass is 452 g/mol. The predicted octanol–water partition coefficient (Wildman–Crippen LogP) is 3.13. The molecule has 0 amide bonds. The van der Waals surface area contributed by atoms with Crippen molar-refractivity contribution in [3.05, 3.63) is 23.2 Å². The van der Waals surface area contributed by atoms with Crippen molar-refractivity contribution in [3.8, 4) is 5.75 Å². The van der Waals surface area contributed by atoms with Crippen LogP contribution in [0.2, 0.25) is 0 Å². The van der Waals surface area contributed by atoms with Gasteiger partial charge in [-0.2, -0.15) is 0 Å². The van der Waals surface area contributed by atoms with Gasteiger partial charge in [-0.3, -0.25) is 4.99 Å². The van der Waals surface area contributed by atoms with E-state index >= 15 is 0 Å². The first-order valence-corrected chi connectivity index (χ1v) is 12.1. The van der Waals surface area contributed by atoms with E-state index in [-0.39, 0.29) is 18.1 Å². The van der Waals surface area contributed by atoms with Crippen molar-refractivity contribution in [1.82, 2.24) is 14.8 Å². The quantitative estimate of drug-likeness (QED) is 0.392. The Morgan fingerprint density at radius 1 is 1.10 bits per heavy atom. The molecule has 1 unspecified atom stereocenters. The van der Waals surface area contributed by atoms with Gasteiger partial charge in [0.05, 0.1) is 23.4 Å². The molecule has 3 rings (SSSR count). The molecule has 1 N–H and O–H groups in total. The van der Waals surface area contributed by atoms with Crippen molar-refractivity contribution in [2.24, 2.45) is 4.99 Å². The number of thiazole rings is 1. The normalized spacial score (nSPS) is 17.0. The van der Waals surface area contributed by atoms with Gasteiger partial charge in [-0.1, -0.05) is 0 Å². The summed E-state index contributed by atoms with van der Waals surface area (Å²) in [5, 5.41) is 11.5. The van der Waals surface area contributed by atoms with Crippen LogP contribution in [-0.2, 0) is 9.47 Å². The summed E-state index contributed by atoms with van der Waals surface area (Å²) >= 11 is 3.25. The Bertz CT molecular complexity index is 825. The lowest BCUT2D eigenvalue weighted by molar-refractivity contribution is -0.151. The van der Waals surface area contributed by atoms with Crippen LogP contribution in [0.15, 0.2) is 23.2 Å². The smallest absolute Gasteiger partial charge is 0.180 e. The lowest BCUT2D eigenvalue weighted by atomic mass is 10.3. The van der Waals surface area contributed by atoms with Crippen molar-refractivity contribution in [1.29, 1.82) is 0 Å². The molecular formula is C21H32N4O3S2. The van der Waals surface area contributed by atoms with E-state index in [4.69, 9.17) is 14.5 Å². The Kier molecular flexibility index (Phi) is 8.91. The zero-order chi connectivity index (χ0) is 21.5. The largest absolute Gasteiger partial charge is 0.508 e. The van der Waals surface area contributed by atoms with Crippen LogP contribution in [0, 0.1) is 0 Å². The SMILES string of the molecule is CN(C)CCCOC(OCCCN(C)C)C1CSC(c2nc3ccc(O)cc3s2)=N1. The molecule has 9 heteroatoms. The first kappa shape index (κ1) is 23.4. The molecule has 0 saturated carbocycles. The molecule has 166 valence electrons. The van der Waals surface area contributed by atoms with Crippen molar-refractivity contribution in [2.45, 2.75) is 25.2 Å². The van der Waals surface area contributed by atoms with Gasteiger partial charge in [0, 0.05) is 5.75 Å². The molecule has 2 heterocycles. The summed E-state index contributed by atoms with van der Waals surface area (Å²) in [5.41, 5.74) is 0.885. The first-order chi connectivity index (χ1) is 14.4. The van der Waals surface area contributed by atoms with Gasteiger partial charge in [-0.25, -0.2) is 4.98 Å². The molecule has 1 aromatic carbocycles. The predicted molar refractivity (Wildman–Crippen MR) is 126 cm³/mol. The third-order valence-corrected chi connectivity index (χ3v) is 6.84. The van der Waals surface area contributed by atoms with Crippen LogP contribution in [0.5, 0.6) is 5.75 Å². The summed E-state index contributed by atoms with van der Waals surface area (Å²) in [6.07, 6.45) is 1.59. The summed E-state index contributed by atoms with van der Waals surface area (Å²) in [7, 11) is 8.27. The molecule has 1 aliphatic rings. The Balaban J connectivity index is 1.64. The highest BCUT2D eigenvalue weighted by atomic mass is 32.2. The number of nitrogens with zero attached hydrogens (tertiary/aromatic N) is 4. The average molecular weight is 453 g/mol. The number of phenolic OH excluding ortho intramolecular Hbond substituents is 1. The minimum Gasteiger partial charge on any atom is -0.508 e. The fourth-order valence-corrected chi connectivity index (χ4v) is 5.21. The van der Waals surface area contributed by atoms with Crippen molar-refractivity contribution >= 4 is 38.4 Å². The molecule has 0 radical (unpaired) electrons. The third-order valence-electron chi connectivity index (χ3n) is 4.61. The lowest BCUT2D eigenvalue weighted by Crippen LogP contribution is -2.33. The van der Waals surface area contributed by atoms with Gasteiger partial charge in [0.1, 0.15) is 21.8 Å². The summed E-state index contributed by atoms with van der Waals surface area (Å²) < 4.78 is 13.2. The number of hydrogen-bond donors (Lipinski definition) is 1. The highest BCUT2D eigenvalue weighted by Crippen LogP contribution is 2.32. The number of benzene rings is 1. The third kappa shape index (κ3) is 6.90. The molecule has 7 nitrogen and oxygen atoms in total. The molecule has 0 aliphatic carbocycles. The number of aromatic hydroxyl groups is 1. The van der Waals surface area contributed by atoms with E-state index in [9.17, 15) is 5.11 Å². The topological polar surface area (TPSA) is 70.4 Å². The maximum Gasteiger partial charge on any atom is 0.180 e. The van der Waals surface area contributed by atoms with Gasteiger partial charge in [0.15, 0.2) is 6.29 Å². The van der Waals surface area contributed by atoms with E-state index in [1.54, 1.807) is 35.2 Å². The number of rotatable bonds is 12. The molecule has 0 fully saturated rings. The zero-order valence-corrected chi connectivity index (χ0v) is 19.8. The van der Waals surface area contributed by atoms with Gasteiger partial charge in [0.25, 0.3) is 0 Å². The molecule has 1 atom stereocenters. The number of aliphatic imine (C=N–C) groups is 1. The van der Waals surface area contributed by atoms with Gasteiger partial charge < -0.3 is 24.4 Å². The minimum atomic E-state index is -0.335. The number of phenols is 1. The van der Waals surface area contributed by atoms with E-state index in [0.717, 1.165) is 52.0 Å². The van der Waals surface area contributed by atoms with E-state index < -0.39 is 0 Å². The fourth-order valence-electron chi connectivity index (χ4n) is 3.08. The van der Waals surface area contributed by atoms with Gasteiger partial charge in [-0.05, 0) is 72.3 Å².